The second kappa shape index (κ2) is 3.83. The van der Waals surface area contributed by atoms with Gasteiger partial charge in [0.05, 0.1) is 6.61 Å². The van der Waals surface area contributed by atoms with Gasteiger partial charge in [0.25, 0.3) is 0 Å². The number of hydrogen-bond acceptors (Lipinski definition) is 5. The van der Waals surface area contributed by atoms with E-state index in [-0.39, 0.29) is 0 Å². The molecule has 1 aliphatic heterocycles. The average molecular weight is 197 g/mol. The molecule has 2 unspecified atom stereocenters. The molecule has 0 spiro atoms. The van der Waals surface area contributed by atoms with Gasteiger partial charge < -0.3 is 15.8 Å². The van der Waals surface area contributed by atoms with Crippen LogP contribution in [0, 0.1) is 5.92 Å². The van der Waals surface area contributed by atoms with E-state index >= 15 is 0 Å². The standard InChI is InChI=1S/C8H15N5O/c1-5-4-14-3-2-6(5)10-8-11-7(9)12-13-8/h5-6H,2-4H2,1H3,(H4,9,10,11,12,13). The lowest BCUT2D eigenvalue weighted by Gasteiger charge is -2.28. The summed E-state index contributed by atoms with van der Waals surface area (Å²) in [7, 11) is 0. The van der Waals surface area contributed by atoms with Crippen LogP contribution in [0.4, 0.5) is 11.9 Å². The van der Waals surface area contributed by atoms with Crippen molar-refractivity contribution in [1.82, 2.24) is 15.2 Å². The number of rotatable bonds is 2. The van der Waals surface area contributed by atoms with Crippen LogP contribution in [0.1, 0.15) is 13.3 Å². The topological polar surface area (TPSA) is 88.8 Å². The molecule has 0 radical (unpaired) electrons. The van der Waals surface area contributed by atoms with Gasteiger partial charge in [0, 0.05) is 12.6 Å². The van der Waals surface area contributed by atoms with E-state index in [0.717, 1.165) is 19.6 Å². The molecule has 1 aliphatic rings. The number of nitrogens with zero attached hydrogens (tertiary/aromatic N) is 2. The lowest BCUT2D eigenvalue weighted by atomic mass is 9.98. The van der Waals surface area contributed by atoms with E-state index in [1.165, 1.54) is 0 Å². The first-order valence-electron chi connectivity index (χ1n) is 4.78. The number of H-pyrrole nitrogens is 1. The van der Waals surface area contributed by atoms with Gasteiger partial charge in [-0.05, 0) is 12.3 Å². The van der Waals surface area contributed by atoms with Crippen molar-refractivity contribution in [3.8, 4) is 0 Å². The quantitative estimate of drug-likeness (QED) is 0.631. The molecule has 2 heterocycles. The highest BCUT2D eigenvalue weighted by atomic mass is 16.5. The van der Waals surface area contributed by atoms with Crippen LogP contribution in [0.15, 0.2) is 0 Å². The maximum absolute atomic E-state index is 5.42. The Morgan fingerprint density at radius 1 is 1.64 bits per heavy atom. The summed E-state index contributed by atoms with van der Waals surface area (Å²) in [6.45, 7) is 3.73. The van der Waals surface area contributed by atoms with E-state index in [1.54, 1.807) is 0 Å². The number of nitrogens with two attached hydrogens (primary N) is 1. The molecule has 78 valence electrons. The van der Waals surface area contributed by atoms with Crippen molar-refractivity contribution in [2.75, 3.05) is 24.3 Å². The molecule has 2 atom stereocenters. The van der Waals surface area contributed by atoms with Gasteiger partial charge in [-0.1, -0.05) is 6.92 Å². The highest BCUT2D eigenvalue weighted by Gasteiger charge is 2.22. The second-order valence-electron chi connectivity index (χ2n) is 3.64. The Labute approximate surface area is 82.2 Å². The van der Waals surface area contributed by atoms with Gasteiger partial charge in [0.1, 0.15) is 0 Å². The summed E-state index contributed by atoms with van der Waals surface area (Å²) in [4.78, 5) is 4.00. The van der Waals surface area contributed by atoms with Gasteiger partial charge in [-0.3, -0.25) is 0 Å². The molecule has 0 aliphatic carbocycles. The van der Waals surface area contributed by atoms with Crippen molar-refractivity contribution in [1.29, 1.82) is 0 Å². The first-order chi connectivity index (χ1) is 6.75. The molecule has 6 heteroatoms. The van der Waals surface area contributed by atoms with Gasteiger partial charge in [0.15, 0.2) is 0 Å². The number of aromatic amines is 1. The molecule has 1 aromatic rings. The Morgan fingerprint density at radius 2 is 2.50 bits per heavy atom. The highest BCUT2D eigenvalue weighted by molar-refractivity contribution is 5.31. The molecule has 6 nitrogen and oxygen atoms in total. The summed E-state index contributed by atoms with van der Waals surface area (Å²) in [6, 6.07) is 0.374. The molecule has 1 aromatic heterocycles. The third kappa shape index (κ3) is 1.95. The van der Waals surface area contributed by atoms with Gasteiger partial charge in [-0.15, -0.1) is 5.10 Å². The third-order valence-corrected chi connectivity index (χ3v) is 2.46. The normalized spacial score (nSPS) is 27.5. The van der Waals surface area contributed by atoms with E-state index in [9.17, 15) is 0 Å². The maximum atomic E-state index is 5.42. The Morgan fingerprint density at radius 3 is 3.14 bits per heavy atom. The van der Waals surface area contributed by atoms with Crippen LogP contribution in [0.3, 0.4) is 0 Å². The second-order valence-corrected chi connectivity index (χ2v) is 3.64. The fourth-order valence-corrected chi connectivity index (χ4v) is 1.60. The van der Waals surface area contributed by atoms with Crippen molar-refractivity contribution < 1.29 is 4.74 Å². The van der Waals surface area contributed by atoms with Crippen LogP contribution in [-0.4, -0.2) is 34.4 Å². The predicted molar refractivity (Wildman–Crippen MR) is 52.8 cm³/mol. The molecule has 4 N–H and O–H groups in total. The van der Waals surface area contributed by atoms with Crippen LogP contribution >= 0.6 is 0 Å². The minimum Gasteiger partial charge on any atom is -0.381 e. The van der Waals surface area contributed by atoms with Crippen LogP contribution < -0.4 is 11.1 Å². The molecule has 1 saturated heterocycles. The van der Waals surface area contributed by atoms with E-state index < -0.39 is 0 Å². The fraction of sp³-hybridized carbons (Fsp3) is 0.750. The summed E-state index contributed by atoms with van der Waals surface area (Å²) >= 11 is 0. The lowest BCUT2D eigenvalue weighted by Crippen LogP contribution is -2.36. The van der Waals surface area contributed by atoms with Crippen molar-refractivity contribution in [2.45, 2.75) is 19.4 Å². The van der Waals surface area contributed by atoms with Crippen LogP contribution in [0.2, 0.25) is 0 Å². The Balaban J connectivity index is 1.95. The van der Waals surface area contributed by atoms with E-state index in [2.05, 4.69) is 27.4 Å². The molecule has 0 saturated carbocycles. The van der Waals surface area contributed by atoms with Crippen molar-refractivity contribution in [2.24, 2.45) is 5.92 Å². The lowest BCUT2D eigenvalue weighted by molar-refractivity contribution is 0.0536. The summed E-state index contributed by atoms with van der Waals surface area (Å²) in [6.07, 6.45) is 0.982. The third-order valence-electron chi connectivity index (χ3n) is 2.46. The monoisotopic (exact) mass is 197 g/mol. The van der Waals surface area contributed by atoms with Gasteiger partial charge >= 0.3 is 0 Å². The number of hydrogen-bond donors (Lipinski definition) is 3. The minimum absolute atomic E-state index is 0.340. The van der Waals surface area contributed by atoms with Crippen molar-refractivity contribution in [3.05, 3.63) is 0 Å². The molecule has 0 aromatic carbocycles. The van der Waals surface area contributed by atoms with Crippen LogP contribution in [-0.2, 0) is 4.74 Å². The molecule has 1 fully saturated rings. The zero-order valence-electron chi connectivity index (χ0n) is 8.16. The zero-order valence-corrected chi connectivity index (χ0v) is 8.16. The summed E-state index contributed by atoms with van der Waals surface area (Å²) in [5, 5.41) is 9.77. The maximum Gasteiger partial charge on any atom is 0.243 e. The summed E-state index contributed by atoms with van der Waals surface area (Å²) < 4.78 is 5.34. The SMILES string of the molecule is CC1COCCC1Nc1n[nH]c(N)n1. The van der Waals surface area contributed by atoms with Crippen LogP contribution in [0.25, 0.3) is 0 Å². The number of ether oxygens (including phenoxy) is 1. The largest absolute Gasteiger partial charge is 0.381 e. The molecular formula is C8H15N5O. The zero-order chi connectivity index (χ0) is 9.97. The first kappa shape index (κ1) is 9.26. The van der Waals surface area contributed by atoms with Crippen molar-refractivity contribution in [3.63, 3.8) is 0 Å². The van der Waals surface area contributed by atoms with Gasteiger partial charge in [-0.25, -0.2) is 5.10 Å². The van der Waals surface area contributed by atoms with E-state index in [4.69, 9.17) is 10.5 Å². The summed E-state index contributed by atoms with van der Waals surface area (Å²) in [5.74, 6) is 1.39. The number of nitrogen functional groups attached to an aromatic ring is 1. The molecule has 0 amide bonds. The molecular weight excluding hydrogens is 182 g/mol. The molecule has 14 heavy (non-hydrogen) atoms. The summed E-state index contributed by atoms with van der Waals surface area (Å²) in [5.41, 5.74) is 5.42. The van der Waals surface area contributed by atoms with Gasteiger partial charge in [0.2, 0.25) is 11.9 Å². The smallest absolute Gasteiger partial charge is 0.243 e. The predicted octanol–water partition coefficient (Wildman–Crippen LogP) is 0.224. The Kier molecular flexibility index (Phi) is 2.53. The number of anilines is 2. The molecule has 0 bridgehead atoms. The minimum atomic E-state index is 0.340. The van der Waals surface area contributed by atoms with E-state index in [1.807, 2.05) is 0 Å². The Bertz CT molecular complexity index is 300. The highest BCUT2D eigenvalue weighted by Crippen LogP contribution is 2.17. The number of aromatic nitrogens is 3. The molecule has 2 rings (SSSR count). The Hall–Kier alpha value is -1.30. The van der Waals surface area contributed by atoms with E-state index in [0.29, 0.717) is 23.9 Å². The average Bonchev–Trinajstić information content (AvgIpc) is 2.56. The van der Waals surface area contributed by atoms with Gasteiger partial charge in [-0.2, -0.15) is 4.98 Å². The first-order valence-corrected chi connectivity index (χ1v) is 4.78. The number of nitrogens with one attached hydrogen (secondary N) is 2. The van der Waals surface area contributed by atoms with Crippen LogP contribution in [0.5, 0.6) is 0 Å². The van der Waals surface area contributed by atoms with Crippen molar-refractivity contribution >= 4 is 11.9 Å². The fourth-order valence-electron chi connectivity index (χ4n) is 1.60.